The quantitative estimate of drug-likeness (QED) is 0.532. The van der Waals surface area contributed by atoms with Gasteiger partial charge in [0, 0.05) is 16.4 Å². The number of ketones is 1. The molecule has 26 heavy (non-hydrogen) atoms. The predicted octanol–water partition coefficient (Wildman–Crippen LogP) is 5.56. The molecule has 0 fully saturated rings. The first kappa shape index (κ1) is 20.7. The lowest BCUT2D eigenvalue weighted by atomic mass is 9.58. The smallest absolute Gasteiger partial charge is 0.335 e. The molecule has 144 valence electrons. The lowest BCUT2D eigenvalue weighted by molar-refractivity contribution is -0.153. The van der Waals surface area contributed by atoms with Crippen LogP contribution in [0.2, 0.25) is 0 Å². The third-order valence-electron chi connectivity index (χ3n) is 7.78. The van der Waals surface area contributed by atoms with Crippen LogP contribution in [0.5, 0.6) is 0 Å². The molecular formula is C23H34O3. The molecule has 1 aliphatic heterocycles. The average molecular weight is 359 g/mol. The Labute approximate surface area is 158 Å². The monoisotopic (exact) mass is 358 g/mol. The second kappa shape index (κ2) is 5.68. The van der Waals surface area contributed by atoms with Gasteiger partial charge in [0.25, 0.3) is 0 Å². The molecule has 0 aromatic carbocycles. The van der Waals surface area contributed by atoms with E-state index in [0.717, 1.165) is 22.3 Å². The molecule has 3 heteroatoms. The van der Waals surface area contributed by atoms with Crippen molar-refractivity contribution in [1.82, 2.24) is 0 Å². The number of esters is 1. The van der Waals surface area contributed by atoms with Gasteiger partial charge in [0.15, 0.2) is 5.78 Å². The Balaban J connectivity index is 2.99. The molecular weight excluding hydrogens is 324 g/mol. The lowest BCUT2D eigenvalue weighted by Gasteiger charge is -2.44. The molecule has 2 bridgehead atoms. The number of ether oxygens (including phenoxy) is 1. The highest BCUT2D eigenvalue weighted by Gasteiger charge is 2.57. The topological polar surface area (TPSA) is 43.4 Å². The predicted molar refractivity (Wildman–Crippen MR) is 106 cm³/mol. The Morgan fingerprint density at radius 2 is 1.27 bits per heavy atom. The van der Waals surface area contributed by atoms with Gasteiger partial charge in [0.1, 0.15) is 5.60 Å². The highest BCUT2D eigenvalue weighted by atomic mass is 16.6. The first-order valence-electron chi connectivity index (χ1n) is 9.39. The van der Waals surface area contributed by atoms with E-state index in [2.05, 4.69) is 27.7 Å². The first-order chi connectivity index (χ1) is 11.5. The zero-order valence-electron chi connectivity index (χ0n) is 18.3. The van der Waals surface area contributed by atoms with Gasteiger partial charge in [0.2, 0.25) is 0 Å². The van der Waals surface area contributed by atoms with E-state index >= 15 is 0 Å². The number of allylic oxidation sites excluding steroid dienone is 3. The number of Topliss-reactive ketones (excluding diaryl/α,β-unsaturated/α-hetero) is 1. The average Bonchev–Trinajstić information content (AvgIpc) is 2.74. The van der Waals surface area contributed by atoms with Crippen molar-refractivity contribution in [3.8, 4) is 0 Å². The molecule has 1 atom stereocenters. The summed E-state index contributed by atoms with van der Waals surface area (Å²) >= 11 is 0. The van der Waals surface area contributed by atoms with E-state index in [-0.39, 0.29) is 17.2 Å². The van der Waals surface area contributed by atoms with Gasteiger partial charge < -0.3 is 4.74 Å². The van der Waals surface area contributed by atoms with E-state index in [9.17, 15) is 9.59 Å². The number of hydrogen-bond acceptors (Lipinski definition) is 3. The van der Waals surface area contributed by atoms with Crippen LogP contribution in [0.4, 0.5) is 0 Å². The standard InChI is InChI=1S/C23H34O3/c1-13-12-20(5,6)23(11)16(4)17(19(25)26-23)22(9,10)21(7,8)15(3)14(2)18(13)24/h12H,1-11H3/b13-12-,15-14-/t23-/m1/s1. The summed E-state index contributed by atoms with van der Waals surface area (Å²) in [5.74, 6) is -0.172. The molecule has 2 rings (SSSR count). The molecule has 1 heterocycles. The number of fused-ring (bicyclic) bond motifs is 1. The Kier molecular flexibility index (Phi) is 4.51. The van der Waals surface area contributed by atoms with Crippen LogP contribution in [0.15, 0.2) is 33.9 Å². The van der Waals surface area contributed by atoms with Crippen LogP contribution in [0.3, 0.4) is 0 Å². The minimum Gasteiger partial charge on any atom is -0.451 e. The molecule has 0 aromatic rings. The fourth-order valence-electron chi connectivity index (χ4n) is 4.50. The van der Waals surface area contributed by atoms with Gasteiger partial charge in [-0.15, -0.1) is 0 Å². The second-order valence-corrected chi connectivity index (χ2v) is 9.80. The second-order valence-electron chi connectivity index (χ2n) is 9.80. The Morgan fingerprint density at radius 1 is 0.769 bits per heavy atom. The summed E-state index contributed by atoms with van der Waals surface area (Å²) in [7, 11) is 0. The van der Waals surface area contributed by atoms with Gasteiger partial charge in [-0.3, -0.25) is 4.79 Å². The maximum Gasteiger partial charge on any atom is 0.335 e. The van der Waals surface area contributed by atoms with E-state index in [0.29, 0.717) is 5.57 Å². The lowest BCUT2D eigenvalue weighted by Crippen LogP contribution is -2.43. The summed E-state index contributed by atoms with van der Waals surface area (Å²) in [5, 5.41) is 0. The number of carbonyl (C=O) groups excluding carboxylic acids is 2. The normalized spacial score (nSPS) is 35.6. The van der Waals surface area contributed by atoms with Crippen molar-refractivity contribution in [2.45, 2.75) is 81.8 Å². The van der Waals surface area contributed by atoms with Crippen molar-refractivity contribution in [2.24, 2.45) is 16.2 Å². The summed E-state index contributed by atoms with van der Waals surface area (Å²) in [4.78, 5) is 26.1. The van der Waals surface area contributed by atoms with E-state index < -0.39 is 16.4 Å². The Hall–Kier alpha value is -1.64. The molecule has 0 N–H and O–H groups in total. The van der Waals surface area contributed by atoms with Crippen LogP contribution in [-0.2, 0) is 14.3 Å². The highest BCUT2D eigenvalue weighted by Crippen LogP contribution is 2.57. The summed E-state index contributed by atoms with van der Waals surface area (Å²) < 4.78 is 6.00. The number of carbonyl (C=O) groups is 2. The van der Waals surface area contributed by atoms with Crippen LogP contribution in [0, 0.1) is 16.2 Å². The Morgan fingerprint density at radius 3 is 1.77 bits per heavy atom. The van der Waals surface area contributed by atoms with Gasteiger partial charge in [-0.05, 0) is 56.8 Å². The van der Waals surface area contributed by atoms with Crippen molar-refractivity contribution in [3.05, 3.63) is 33.9 Å². The first-order valence-corrected chi connectivity index (χ1v) is 9.39. The van der Waals surface area contributed by atoms with Gasteiger partial charge >= 0.3 is 5.97 Å². The number of hydrogen-bond donors (Lipinski definition) is 0. The van der Waals surface area contributed by atoms with Gasteiger partial charge in [0.05, 0.1) is 0 Å². The van der Waals surface area contributed by atoms with Crippen LogP contribution < -0.4 is 0 Å². The highest BCUT2D eigenvalue weighted by molar-refractivity contribution is 6.08. The Bertz CT molecular complexity index is 784. The molecule has 3 nitrogen and oxygen atoms in total. The minimum atomic E-state index is -0.777. The van der Waals surface area contributed by atoms with Crippen LogP contribution in [0.1, 0.15) is 76.2 Å². The molecule has 0 unspecified atom stereocenters. The van der Waals surface area contributed by atoms with Gasteiger partial charge in [-0.25, -0.2) is 4.79 Å². The van der Waals surface area contributed by atoms with Gasteiger partial charge in [-0.2, -0.15) is 0 Å². The van der Waals surface area contributed by atoms with E-state index in [1.54, 1.807) is 0 Å². The van der Waals surface area contributed by atoms with E-state index in [1.807, 2.05) is 54.5 Å². The molecule has 0 spiro atoms. The summed E-state index contributed by atoms with van der Waals surface area (Å²) in [6.45, 7) is 22.2. The molecule has 2 aliphatic rings. The number of rotatable bonds is 0. The van der Waals surface area contributed by atoms with Crippen molar-refractivity contribution < 1.29 is 14.3 Å². The maximum absolute atomic E-state index is 13.1. The summed E-state index contributed by atoms with van der Waals surface area (Å²) in [5.41, 5.74) is 2.03. The van der Waals surface area contributed by atoms with Crippen molar-refractivity contribution in [3.63, 3.8) is 0 Å². The fourth-order valence-corrected chi connectivity index (χ4v) is 4.50. The zero-order chi connectivity index (χ0) is 20.5. The molecule has 0 saturated carbocycles. The molecule has 0 aromatic heterocycles. The van der Waals surface area contributed by atoms with Gasteiger partial charge in [-0.1, -0.05) is 53.2 Å². The largest absolute Gasteiger partial charge is 0.451 e. The van der Waals surface area contributed by atoms with Crippen LogP contribution in [0.25, 0.3) is 0 Å². The van der Waals surface area contributed by atoms with Crippen molar-refractivity contribution in [1.29, 1.82) is 0 Å². The third-order valence-corrected chi connectivity index (χ3v) is 7.78. The molecule has 1 aliphatic carbocycles. The molecule has 0 radical (unpaired) electrons. The van der Waals surface area contributed by atoms with Crippen molar-refractivity contribution >= 4 is 11.8 Å². The van der Waals surface area contributed by atoms with E-state index in [1.165, 1.54) is 0 Å². The third kappa shape index (κ3) is 2.46. The molecule has 0 amide bonds. The van der Waals surface area contributed by atoms with Crippen LogP contribution >= 0.6 is 0 Å². The van der Waals surface area contributed by atoms with Crippen molar-refractivity contribution in [2.75, 3.05) is 0 Å². The zero-order valence-corrected chi connectivity index (χ0v) is 18.3. The molecule has 0 saturated heterocycles. The minimum absolute atomic E-state index is 0.0646. The van der Waals surface area contributed by atoms with Crippen LogP contribution in [-0.4, -0.2) is 17.4 Å². The summed E-state index contributed by atoms with van der Waals surface area (Å²) in [6, 6.07) is 0. The van der Waals surface area contributed by atoms with E-state index in [4.69, 9.17) is 4.74 Å². The SMILES string of the molecule is CC1=C2C(=O)O[C@@]1(C)C(C)(C)/C=C(/C)C(=O)/C(C)=C(/C)C(C)(C)C2(C)C. The fraction of sp³-hybridized carbons (Fsp3) is 0.652. The summed E-state index contributed by atoms with van der Waals surface area (Å²) in [6.07, 6.45) is 1.97. The maximum atomic E-state index is 13.1.